The minimum absolute atomic E-state index is 0. The summed E-state index contributed by atoms with van der Waals surface area (Å²) in [5.74, 6) is 0.334. The first-order chi connectivity index (χ1) is 15.2. The molecule has 0 aromatic heterocycles. The van der Waals surface area contributed by atoms with E-state index in [0.29, 0.717) is 24.2 Å². The van der Waals surface area contributed by atoms with Crippen LogP contribution in [0, 0.1) is 13.8 Å². The van der Waals surface area contributed by atoms with Gasteiger partial charge in [-0.25, -0.2) is 17.9 Å². The van der Waals surface area contributed by atoms with Gasteiger partial charge < -0.3 is 9.84 Å². The van der Waals surface area contributed by atoms with Gasteiger partial charge in [-0.2, -0.15) is 0 Å². The van der Waals surface area contributed by atoms with E-state index in [4.69, 9.17) is 4.74 Å². The number of nitrogens with one attached hydrogen (secondary N) is 1. The van der Waals surface area contributed by atoms with Gasteiger partial charge in [0.1, 0.15) is 11.5 Å². The molecule has 2 N–H and O–H groups in total. The minimum atomic E-state index is -3.81. The van der Waals surface area contributed by atoms with Crippen molar-refractivity contribution in [2.75, 3.05) is 6.54 Å². The second-order valence-corrected chi connectivity index (χ2v) is 9.38. The highest BCUT2D eigenvalue weighted by molar-refractivity contribution is 7.89. The van der Waals surface area contributed by atoms with E-state index < -0.39 is 16.0 Å². The number of benzene rings is 3. The van der Waals surface area contributed by atoms with Crippen LogP contribution in [-0.2, 0) is 22.9 Å². The second kappa shape index (κ2) is 9.97. The van der Waals surface area contributed by atoms with Crippen molar-refractivity contribution in [3.05, 3.63) is 88.5 Å². The molecule has 0 unspecified atom stereocenters. The first-order valence-electron chi connectivity index (χ1n) is 10.4. The molecular weight excluding hydrogens is 426 g/mol. The standard InChI is InChI=1S/C25H27NO5S.H2/c1-4-20-8-12-23(16-24(20)25(27)28)32(29,30)26-14-13-19-6-10-21(11-7-19)31-22-9-5-17(2)18(3)15-22;/h5-12,15-16,26H,4,13-14H2,1-3H3,(H,27,28);1H. The summed E-state index contributed by atoms with van der Waals surface area (Å²) in [4.78, 5) is 11.4. The zero-order valence-electron chi connectivity index (χ0n) is 18.4. The maximum Gasteiger partial charge on any atom is 0.336 e. The summed E-state index contributed by atoms with van der Waals surface area (Å²) < 4.78 is 33.6. The number of sulfonamides is 1. The van der Waals surface area contributed by atoms with Crippen molar-refractivity contribution in [1.29, 1.82) is 0 Å². The van der Waals surface area contributed by atoms with Crippen LogP contribution in [0.1, 0.15) is 41.0 Å². The number of carboxylic acid groups (broad SMARTS) is 1. The Bertz CT molecular complexity index is 1220. The molecular formula is C25H29NO5S. The van der Waals surface area contributed by atoms with Crippen molar-refractivity contribution in [3.63, 3.8) is 0 Å². The highest BCUT2D eigenvalue weighted by atomic mass is 32.2. The number of aryl methyl sites for hydroxylation is 3. The Hall–Kier alpha value is -3.16. The topological polar surface area (TPSA) is 92.7 Å². The third-order valence-corrected chi connectivity index (χ3v) is 6.80. The molecule has 0 amide bonds. The lowest BCUT2D eigenvalue weighted by atomic mass is 10.1. The Labute approximate surface area is 190 Å². The molecule has 0 fully saturated rings. The number of hydrogen-bond donors (Lipinski definition) is 2. The first-order valence-corrected chi connectivity index (χ1v) is 11.9. The Morgan fingerprint density at radius 3 is 2.28 bits per heavy atom. The van der Waals surface area contributed by atoms with Gasteiger partial charge in [-0.05, 0) is 85.3 Å². The molecule has 3 rings (SSSR count). The lowest BCUT2D eigenvalue weighted by Crippen LogP contribution is -2.26. The van der Waals surface area contributed by atoms with E-state index in [1.54, 1.807) is 6.07 Å². The van der Waals surface area contributed by atoms with E-state index in [-0.39, 0.29) is 18.4 Å². The van der Waals surface area contributed by atoms with Gasteiger partial charge in [-0.1, -0.05) is 31.2 Å². The van der Waals surface area contributed by atoms with E-state index in [0.717, 1.165) is 16.9 Å². The van der Waals surface area contributed by atoms with Crippen LogP contribution >= 0.6 is 0 Å². The molecule has 0 radical (unpaired) electrons. The Kier molecular flexibility index (Phi) is 7.33. The molecule has 0 spiro atoms. The van der Waals surface area contributed by atoms with Crippen molar-refractivity contribution < 1.29 is 24.5 Å². The van der Waals surface area contributed by atoms with Crippen molar-refractivity contribution in [3.8, 4) is 11.5 Å². The zero-order valence-corrected chi connectivity index (χ0v) is 19.2. The summed E-state index contributed by atoms with van der Waals surface area (Å²) in [6, 6.07) is 17.6. The molecule has 0 aliphatic carbocycles. The number of rotatable bonds is 9. The number of hydrogen-bond acceptors (Lipinski definition) is 4. The summed E-state index contributed by atoms with van der Waals surface area (Å²) >= 11 is 0. The molecule has 0 heterocycles. The fraction of sp³-hybridized carbons (Fsp3) is 0.240. The van der Waals surface area contributed by atoms with Gasteiger partial charge in [0.2, 0.25) is 10.0 Å². The van der Waals surface area contributed by atoms with E-state index in [9.17, 15) is 18.3 Å². The predicted molar refractivity (Wildman–Crippen MR) is 126 cm³/mol. The number of carboxylic acids is 1. The average Bonchev–Trinajstić information content (AvgIpc) is 2.77. The van der Waals surface area contributed by atoms with Crippen LogP contribution in [0.3, 0.4) is 0 Å². The number of aromatic carboxylic acids is 1. The lowest BCUT2D eigenvalue weighted by molar-refractivity contribution is 0.0695. The van der Waals surface area contributed by atoms with Crippen LogP contribution in [-0.4, -0.2) is 26.0 Å². The Morgan fingerprint density at radius 1 is 0.969 bits per heavy atom. The third-order valence-electron chi connectivity index (χ3n) is 5.35. The fourth-order valence-corrected chi connectivity index (χ4v) is 4.34. The molecule has 3 aromatic carbocycles. The normalized spacial score (nSPS) is 11.3. The van der Waals surface area contributed by atoms with Crippen LogP contribution < -0.4 is 9.46 Å². The summed E-state index contributed by atoms with van der Waals surface area (Å²) in [6.45, 7) is 6.10. The van der Waals surface area contributed by atoms with Crippen molar-refractivity contribution in [2.45, 2.75) is 38.5 Å². The molecule has 0 saturated heterocycles. The van der Waals surface area contributed by atoms with Crippen LogP contribution in [0.15, 0.2) is 65.6 Å². The van der Waals surface area contributed by atoms with Gasteiger partial charge in [0.25, 0.3) is 0 Å². The first kappa shape index (κ1) is 23.5. The van der Waals surface area contributed by atoms with Gasteiger partial charge in [-0.15, -0.1) is 0 Å². The van der Waals surface area contributed by atoms with Crippen LogP contribution in [0.2, 0.25) is 0 Å². The van der Waals surface area contributed by atoms with E-state index >= 15 is 0 Å². The van der Waals surface area contributed by atoms with E-state index in [1.807, 2.05) is 63.2 Å². The highest BCUT2D eigenvalue weighted by Crippen LogP contribution is 2.24. The van der Waals surface area contributed by atoms with Gasteiger partial charge in [-0.3, -0.25) is 0 Å². The van der Waals surface area contributed by atoms with Crippen molar-refractivity contribution >= 4 is 16.0 Å². The predicted octanol–water partition coefficient (Wildman–Crippen LogP) is 5.12. The molecule has 0 bridgehead atoms. The van der Waals surface area contributed by atoms with Gasteiger partial charge in [0.15, 0.2) is 0 Å². The maximum absolute atomic E-state index is 12.6. The largest absolute Gasteiger partial charge is 0.478 e. The lowest BCUT2D eigenvalue weighted by Gasteiger charge is -2.11. The van der Waals surface area contributed by atoms with Gasteiger partial charge in [0, 0.05) is 7.97 Å². The monoisotopic (exact) mass is 455 g/mol. The molecule has 32 heavy (non-hydrogen) atoms. The van der Waals surface area contributed by atoms with Crippen molar-refractivity contribution in [1.82, 2.24) is 4.72 Å². The molecule has 0 saturated carbocycles. The molecule has 0 aliphatic heterocycles. The van der Waals surface area contributed by atoms with Crippen LogP contribution in [0.5, 0.6) is 11.5 Å². The number of carbonyl (C=O) groups is 1. The fourth-order valence-electron chi connectivity index (χ4n) is 3.28. The quantitative estimate of drug-likeness (QED) is 0.467. The zero-order chi connectivity index (χ0) is 23.3. The third kappa shape index (κ3) is 5.75. The molecule has 3 aromatic rings. The molecule has 6 nitrogen and oxygen atoms in total. The summed E-state index contributed by atoms with van der Waals surface area (Å²) in [7, 11) is -3.81. The van der Waals surface area contributed by atoms with Gasteiger partial charge in [0.05, 0.1) is 10.5 Å². The smallest absolute Gasteiger partial charge is 0.336 e. The number of ether oxygens (including phenoxy) is 1. The van der Waals surface area contributed by atoms with Gasteiger partial charge >= 0.3 is 5.97 Å². The summed E-state index contributed by atoms with van der Waals surface area (Å²) in [5, 5.41) is 9.33. The maximum atomic E-state index is 12.6. The Balaban J connectivity index is 0.00000385. The Morgan fingerprint density at radius 2 is 1.66 bits per heavy atom. The second-order valence-electron chi connectivity index (χ2n) is 7.62. The SMILES string of the molecule is CCc1ccc(S(=O)(=O)NCCc2ccc(Oc3ccc(C)c(C)c3)cc2)cc1C(=O)O.[HH]. The molecule has 0 atom stereocenters. The van der Waals surface area contributed by atoms with E-state index in [1.165, 1.54) is 17.7 Å². The molecule has 0 aliphatic rings. The molecule has 170 valence electrons. The minimum Gasteiger partial charge on any atom is -0.478 e. The molecule has 7 heteroatoms. The summed E-state index contributed by atoms with van der Waals surface area (Å²) in [5.41, 5.74) is 3.92. The van der Waals surface area contributed by atoms with Crippen LogP contribution in [0.4, 0.5) is 0 Å². The highest BCUT2D eigenvalue weighted by Gasteiger charge is 2.18. The van der Waals surface area contributed by atoms with Crippen molar-refractivity contribution in [2.24, 2.45) is 0 Å². The van der Waals surface area contributed by atoms with Crippen LogP contribution in [0.25, 0.3) is 0 Å². The summed E-state index contributed by atoms with van der Waals surface area (Å²) in [6.07, 6.45) is 1.00. The average molecular weight is 456 g/mol. The van der Waals surface area contributed by atoms with E-state index in [2.05, 4.69) is 4.72 Å².